The van der Waals surface area contributed by atoms with E-state index < -0.39 is 0 Å². The number of aliphatic imine (C=N–C) groups is 1. The number of anilines is 1. The van der Waals surface area contributed by atoms with E-state index in [1.165, 1.54) is 0 Å². The monoisotopic (exact) mass is 358 g/mol. The molecule has 0 spiro atoms. The molecule has 26 heavy (non-hydrogen) atoms. The van der Waals surface area contributed by atoms with Gasteiger partial charge in [0.25, 0.3) is 0 Å². The number of guanidine groups is 1. The largest absolute Gasteiger partial charge is 0.493 e. The fourth-order valence-corrected chi connectivity index (χ4v) is 2.26. The number of methoxy groups -OCH3 is 2. The van der Waals surface area contributed by atoms with E-state index in [0.29, 0.717) is 36.5 Å². The van der Waals surface area contributed by atoms with E-state index in [9.17, 15) is 0 Å². The Morgan fingerprint density at radius 2 is 1.92 bits per heavy atom. The van der Waals surface area contributed by atoms with Crippen molar-refractivity contribution in [3.8, 4) is 17.4 Å². The van der Waals surface area contributed by atoms with Crippen LogP contribution in [0.25, 0.3) is 0 Å². The smallest absolute Gasteiger partial charge is 0.212 e. The van der Waals surface area contributed by atoms with Gasteiger partial charge in [-0.1, -0.05) is 6.07 Å². The Labute approximate surface area is 154 Å². The number of rotatable bonds is 8. The van der Waals surface area contributed by atoms with Gasteiger partial charge in [-0.05, 0) is 31.5 Å². The van der Waals surface area contributed by atoms with Crippen molar-refractivity contribution in [2.75, 3.05) is 32.7 Å². The molecule has 2 N–H and O–H groups in total. The molecule has 0 radical (unpaired) electrons. The fraction of sp³-hybridized carbons (Fsp3) is 0.368. The van der Waals surface area contributed by atoms with E-state index in [2.05, 4.69) is 20.6 Å². The van der Waals surface area contributed by atoms with Crippen LogP contribution in [-0.2, 0) is 6.54 Å². The molecule has 7 nitrogen and oxygen atoms in total. The minimum atomic E-state index is 0.500. The third kappa shape index (κ3) is 5.54. The van der Waals surface area contributed by atoms with Gasteiger partial charge < -0.3 is 24.8 Å². The normalized spacial score (nSPS) is 11.0. The molecule has 0 bridgehead atoms. The second-order valence-electron chi connectivity index (χ2n) is 5.33. The highest BCUT2D eigenvalue weighted by Crippen LogP contribution is 2.30. The molecular weight excluding hydrogens is 332 g/mol. The molecule has 140 valence electrons. The lowest BCUT2D eigenvalue weighted by molar-refractivity contribution is 0.311. The topological polar surface area (TPSA) is 77.0 Å². The number of hydrogen-bond acceptors (Lipinski definition) is 5. The van der Waals surface area contributed by atoms with Crippen molar-refractivity contribution in [2.24, 2.45) is 4.99 Å². The summed E-state index contributed by atoms with van der Waals surface area (Å²) in [7, 11) is 3.22. The van der Waals surface area contributed by atoms with Crippen molar-refractivity contribution in [3.05, 3.63) is 42.1 Å². The molecule has 0 unspecified atom stereocenters. The van der Waals surface area contributed by atoms with Crippen molar-refractivity contribution in [3.63, 3.8) is 0 Å². The van der Waals surface area contributed by atoms with Gasteiger partial charge in [0.15, 0.2) is 17.5 Å². The zero-order chi connectivity index (χ0) is 18.8. The van der Waals surface area contributed by atoms with Gasteiger partial charge in [0.1, 0.15) is 0 Å². The van der Waals surface area contributed by atoms with Gasteiger partial charge in [0.05, 0.1) is 27.4 Å². The van der Waals surface area contributed by atoms with Crippen LogP contribution in [0, 0.1) is 0 Å². The predicted octanol–water partition coefficient (Wildman–Crippen LogP) is 3.08. The van der Waals surface area contributed by atoms with Gasteiger partial charge in [-0.3, -0.25) is 0 Å². The summed E-state index contributed by atoms with van der Waals surface area (Å²) in [6.45, 7) is 5.80. The van der Waals surface area contributed by atoms with Crippen molar-refractivity contribution < 1.29 is 14.2 Å². The Morgan fingerprint density at radius 1 is 1.08 bits per heavy atom. The standard InChI is InChI=1S/C19H26N4O3/c1-5-20-19(22-13-14-7-10-18(25-4)21-12-14)23-15-8-9-16(26-6-2)17(11-15)24-3/h7-12H,5-6,13H2,1-4H3,(H2,20,22,23). The Morgan fingerprint density at radius 3 is 2.54 bits per heavy atom. The summed E-state index contributed by atoms with van der Waals surface area (Å²) >= 11 is 0. The lowest BCUT2D eigenvalue weighted by Gasteiger charge is -2.14. The van der Waals surface area contributed by atoms with Crippen LogP contribution in [0.2, 0.25) is 0 Å². The molecule has 0 saturated heterocycles. The first kappa shape index (κ1) is 19.4. The van der Waals surface area contributed by atoms with Gasteiger partial charge in [0.2, 0.25) is 5.88 Å². The number of aromatic nitrogens is 1. The Balaban J connectivity index is 2.10. The molecular formula is C19H26N4O3. The number of nitrogens with zero attached hydrogens (tertiary/aromatic N) is 2. The van der Waals surface area contributed by atoms with Crippen LogP contribution in [0.15, 0.2) is 41.5 Å². The molecule has 1 aromatic carbocycles. The second-order valence-corrected chi connectivity index (χ2v) is 5.33. The van der Waals surface area contributed by atoms with Gasteiger partial charge in [0, 0.05) is 30.6 Å². The Hall–Kier alpha value is -2.96. The highest BCUT2D eigenvalue weighted by Gasteiger charge is 2.07. The lowest BCUT2D eigenvalue weighted by Crippen LogP contribution is -2.30. The first-order chi connectivity index (χ1) is 12.7. The number of benzene rings is 1. The van der Waals surface area contributed by atoms with Crippen LogP contribution in [0.1, 0.15) is 19.4 Å². The van der Waals surface area contributed by atoms with E-state index in [-0.39, 0.29) is 0 Å². The molecule has 1 heterocycles. The summed E-state index contributed by atoms with van der Waals surface area (Å²) in [5.41, 5.74) is 1.85. The minimum Gasteiger partial charge on any atom is -0.493 e. The van der Waals surface area contributed by atoms with Crippen LogP contribution < -0.4 is 24.8 Å². The van der Waals surface area contributed by atoms with E-state index in [0.717, 1.165) is 17.8 Å². The molecule has 7 heteroatoms. The first-order valence-electron chi connectivity index (χ1n) is 8.55. The maximum Gasteiger partial charge on any atom is 0.212 e. The van der Waals surface area contributed by atoms with Crippen molar-refractivity contribution >= 4 is 11.6 Å². The molecule has 2 rings (SSSR count). The summed E-state index contributed by atoms with van der Waals surface area (Å²) in [4.78, 5) is 8.78. The van der Waals surface area contributed by atoms with Gasteiger partial charge in [-0.15, -0.1) is 0 Å². The van der Waals surface area contributed by atoms with Gasteiger partial charge >= 0.3 is 0 Å². The van der Waals surface area contributed by atoms with Crippen molar-refractivity contribution in [1.82, 2.24) is 10.3 Å². The maximum absolute atomic E-state index is 5.54. The fourth-order valence-electron chi connectivity index (χ4n) is 2.26. The third-order valence-corrected chi connectivity index (χ3v) is 3.50. The van der Waals surface area contributed by atoms with Crippen molar-refractivity contribution in [2.45, 2.75) is 20.4 Å². The average Bonchev–Trinajstić information content (AvgIpc) is 2.68. The zero-order valence-electron chi connectivity index (χ0n) is 15.7. The van der Waals surface area contributed by atoms with E-state index >= 15 is 0 Å². The van der Waals surface area contributed by atoms with Crippen LogP contribution in [0.5, 0.6) is 17.4 Å². The molecule has 0 fully saturated rings. The Kier molecular flexibility index (Phi) is 7.54. The number of hydrogen-bond donors (Lipinski definition) is 2. The van der Waals surface area contributed by atoms with Crippen LogP contribution >= 0.6 is 0 Å². The first-order valence-corrected chi connectivity index (χ1v) is 8.55. The van der Waals surface area contributed by atoms with E-state index in [1.54, 1.807) is 20.4 Å². The Bertz CT molecular complexity index is 717. The molecule has 0 aliphatic rings. The van der Waals surface area contributed by atoms with Crippen molar-refractivity contribution in [1.29, 1.82) is 0 Å². The molecule has 0 amide bonds. The SMILES string of the molecule is CCNC(=NCc1ccc(OC)nc1)Nc1ccc(OCC)c(OC)c1. The summed E-state index contributed by atoms with van der Waals surface area (Å²) in [6, 6.07) is 9.45. The van der Waals surface area contributed by atoms with Crippen LogP contribution in [0.4, 0.5) is 5.69 Å². The molecule has 2 aromatic rings. The van der Waals surface area contributed by atoms with Gasteiger partial charge in [-0.25, -0.2) is 9.98 Å². The summed E-state index contributed by atoms with van der Waals surface area (Å²) < 4.78 is 16.0. The molecule has 0 aliphatic heterocycles. The van der Waals surface area contributed by atoms with Crippen LogP contribution in [-0.4, -0.2) is 38.3 Å². The predicted molar refractivity (Wildman–Crippen MR) is 103 cm³/mol. The molecule has 0 atom stereocenters. The van der Waals surface area contributed by atoms with E-state index in [1.807, 2.05) is 44.2 Å². The summed E-state index contributed by atoms with van der Waals surface area (Å²) in [5, 5.41) is 6.50. The third-order valence-electron chi connectivity index (χ3n) is 3.50. The number of nitrogens with one attached hydrogen (secondary N) is 2. The summed E-state index contributed by atoms with van der Waals surface area (Å²) in [5.74, 6) is 2.65. The summed E-state index contributed by atoms with van der Waals surface area (Å²) in [6.07, 6.45) is 1.76. The lowest BCUT2D eigenvalue weighted by atomic mass is 10.2. The quantitative estimate of drug-likeness (QED) is 0.558. The molecule has 0 aliphatic carbocycles. The number of ether oxygens (including phenoxy) is 3. The highest BCUT2D eigenvalue weighted by atomic mass is 16.5. The average molecular weight is 358 g/mol. The highest BCUT2D eigenvalue weighted by molar-refractivity contribution is 5.93. The van der Waals surface area contributed by atoms with E-state index in [4.69, 9.17) is 14.2 Å². The second kappa shape index (κ2) is 10.1. The number of pyridine rings is 1. The molecule has 0 saturated carbocycles. The van der Waals surface area contributed by atoms with Gasteiger partial charge in [-0.2, -0.15) is 0 Å². The minimum absolute atomic E-state index is 0.500. The molecule has 1 aromatic heterocycles. The van der Waals surface area contributed by atoms with Crippen LogP contribution in [0.3, 0.4) is 0 Å². The maximum atomic E-state index is 5.54. The zero-order valence-corrected chi connectivity index (χ0v) is 15.7.